The molecule has 0 saturated heterocycles. The number of ether oxygens (including phenoxy) is 1. The summed E-state index contributed by atoms with van der Waals surface area (Å²) in [4.78, 5) is 7.09. The van der Waals surface area contributed by atoms with E-state index in [-0.39, 0.29) is 0 Å². The molecule has 5 rings (SSSR count). The van der Waals surface area contributed by atoms with Crippen LogP contribution in [0.5, 0.6) is 11.5 Å². The molecule has 0 unspecified atom stereocenters. The van der Waals surface area contributed by atoms with Gasteiger partial charge in [-0.3, -0.25) is 0 Å². The average molecular weight is 359 g/mol. The Morgan fingerprint density at radius 1 is 0.720 bits per heavy atom. The Balaban J connectivity index is 1.50. The highest BCUT2D eigenvalue weighted by Crippen LogP contribution is 2.47. The Morgan fingerprint density at radius 3 is 2.44 bits per heavy atom. The number of nitrogens with zero attached hydrogens (tertiary/aromatic N) is 1. The lowest BCUT2D eigenvalue weighted by atomic mass is 10.1. The van der Waals surface area contributed by atoms with Crippen LogP contribution in [-0.4, -0.2) is 4.98 Å². The molecule has 0 amide bonds. The monoisotopic (exact) mass is 359 g/mol. The zero-order valence-electron chi connectivity index (χ0n) is 13.2. The molecule has 0 N–H and O–H groups in total. The third-order valence-electron chi connectivity index (χ3n) is 4.05. The molecule has 0 aliphatic carbocycles. The van der Waals surface area contributed by atoms with Crippen molar-refractivity contribution in [2.75, 3.05) is 0 Å². The molecule has 1 aromatic heterocycles. The van der Waals surface area contributed by atoms with Gasteiger partial charge in [-0.15, -0.1) is 11.3 Å². The zero-order chi connectivity index (χ0) is 16.6. The second-order valence-electron chi connectivity index (χ2n) is 5.72. The lowest BCUT2D eigenvalue weighted by molar-refractivity contribution is 0.454. The Hall–Kier alpha value is -2.56. The third-order valence-corrected chi connectivity index (χ3v) is 6.04. The molecule has 120 valence electrons. The number of hydrogen-bond acceptors (Lipinski definition) is 4. The number of benzene rings is 3. The van der Waals surface area contributed by atoms with Crippen molar-refractivity contribution in [1.82, 2.24) is 4.98 Å². The van der Waals surface area contributed by atoms with E-state index in [9.17, 15) is 0 Å². The van der Waals surface area contributed by atoms with Gasteiger partial charge in [0.2, 0.25) is 0 Å². The first-order valence-corrected chi connectivity index (χ1v) is 9.66. The van der Waals surface area contributed by atoms with Crippen LogP contribution in [0.15, 0.2) is 88.0 Å². The third kappa shape index (κ3) is 2.73. The molecule has 0 spiro atoms. The van der Waals surface area contributed by atoms with Crippen LogP contribution in [0.2, 0.25) is 0 Å². The van der Waals surface area contributed by atoms with Crippen molar-refractivity contribution >= 4 is 23.1 Å². The number of thiazole rings is 1. The van der Waals surface area contributed by atoms with E-state index in [2.05, 4.69) is 35.7 Å². The quantitative estimate of drug-likeness (QED) is 0.349. The SMILES string of the molecule is c1ccc(-c2nc(-c3ccc4c(c3)Sc3ccccc3O4)cs2)cc1. The molecule has 0 saturated carbocycles. The van der Waals surface area contributed by atoms with Gasteiger partial charge in [-0.2, -0.15) is 0 Å². The van der Waals surface area contributed by atoms with E-state index in [0.717, 1.165) is 43.1 Å². The van der Waals surface area contributed by atoms with Crippen molar-refractivity contribution in [1.29, 1.82) is 0 Å². The summed E-state index contributed by atoms with van der Waals surface area (Å²) in [5.41, 5.74) is 3.28. The molecule has 25 heavy (non-hydrogen) atoms. The molecule has 4 aromatic rings. The van der Waals surface area contributed by atoms with Crippen molar-refractivity contribution in [2.45, 2.75) is 9.79 Å². The summed E-state index contributed by atoms with van der Waals surface area (Å²) in [6.07, 6.45) is 0. The lowest BCUT2D eigenvalue weighted by Gasteiger charge is -2.19. The summed E-state index contributed by atoms with van der Waals surface area (Å²) in [5.74, 6) is 1.83. The predicted octanol–water partition coefficient (Wildman–Crippen LogP) is 6.73. The highest BCUT2D eigenvalue weighted by Gasteiger charge is 2.18. The van der Waals surface area contributed by atoms with Gasteiger partial charge in [0.1, 0.15) is 16.5 Å². The maximum atomic E-state index is 6.00. The van der Waals surface area contributed by atoms with Gasteiger partial charge >= 0.3 is 0 Å². The molecule has 3 aromatic carbocycles. The van der Waals surface area contributed by atoms with Gasteiger partial charge in [-0.25, -0.2) is 4.98 Å². The minimum atomic E-state index is 0.908. The van der Waals surface area contributed by atoms with Crippen LogP contribution in [0.3, 0.4) is 0 Å². The molecule has 2 heterocycles. The van der Waals surface area contributed by atoms with Crippen molar-refractivity contribution in [3.8, 4) is 33.3 Å². The largest absolute Gasteiger partial charge is 0.455 e. The molecular formula is C21H13NOS2. The Morgan fingerprint density at radius 2 is 1.52 bits per heavy atom. The molecule has 1 aliphatic heterocycles. The summed E-state index contributed by atoms with van der Waals surface area (Å²) in [7, 11) is 0. The first-order chi connectivity index (χ1) is 12.4. The van der Waals surface area contributed by atoms with E-state index in [0.29, 0.717) is 0 Å². The van der Waals surface area contributed by atoms with Crippen LogP contribution in [0.1, 0.15) is 0 Å². The van der Waals surface area contributed by atoms with Crippen molar-refractivity contribution in [3.05, 3.63) is 78.2 Å². The van der Waals surface area contributed by atoms with Crippen LogP contribution in [0.25, 0.3) is 21.8 Å². The number of rotatable bonds is 2. The molecule has 0 fully saturated rings. The topological polar surface area (TPSA) is 22.1 Å². The number of fused-ring (bicyclic) bond motifs is 2. The van der Waals surface area contributed by atoms with Crippen LogP contribution in [-0.2, 0) is 0 Å². The Kier molecular flexibility index (Phi) is 3.58. The van der Waals surface area contributed by atoms with Gasteiger partial charge in [-0.1, -0.05) is 54.2 Å². The normalized spacial score (nSPS) is 12.2. The van der Waals surface area contributed by atoms with Crippen LogP contribution in [0, 0.1) is 0 Å². The second kappa shape index (κ2) is 6.06. The maximum absolute atomic E-state index is 6.00. The first kappa shape index (κ1) is 14.8. The fraction of sp³-hybridized carbons (Fsp3) is 0. The number of para-hydroxylation sites is 1. The Labute approximate surface area is 154 Å². The molecule has 0 radical (unpaired) electrons. The van der Waals surface area contributed by atoms with Gasteiger partial charge in [0.25, 0.3) is 0 Å². The van der Waals surface area contributed by atoms with Crippen molar-refractivity contribution < 1.29 is 4.74 Å². The summed E-state index contributed by atoms with van der Waals surface area (Å²) < 4.78 is 6.00. The van der Waals surface area contributed by atoms with Gasteiger partial charge in [0.05, 0.1) is 15.5 Å². The number of hydrogen-bond donors (Lipinski definition) is 0. The van der Waals surface area contributed by atoms with Gasteiger partial charge in [-0.05, 0) is 30.3 Å². The average Bonchev–Trinajstić information content (AvgIpc) is 3.17. The van der Waals surface area contributed by atoms with Crippen LogP contribution in [0.4, 0.5) is 0 Å². The van der Waals surface area contributed by atoms with E-state index in [1.807, 2.05) is 42.5 Å². The molecule has 1 aliphatic rings. The van der Waals surface area contributed by atoms with E-state index in [4.69, 9.17) is 9.72 Å². The fourth-order valence-corrected chi connectivity index (χ4v) is 4.63. The standard InChI is InChI=1S/C21H13NOS2/c1-2-6-14(7-3-1)21-22-16(13-24-21)15-10-11-18-20(12-15)25-19-9-5-4-8-17(19)23-18/h1-13H. The predicted molar refractivity (Wildman–Crippen MR) is 104 cm³/mol. The van der Waals surface area contributed by atoms with Gasteiger partial charge < -0.3 is 4.74 Å². The molecule has 0 bridgehead atoms. The smallest absolute Gasteiger partial charge is 0.141 e. The van der Waals surface area contributed by atoms with Crippen molar-refractivity contribution in [2.24, 2.45) is 0 Å². The second-order valence-corrected chi connectivity index (χ2v) is 7.66. The lowest BCUT2D eigenvalue weighted by Crippen LogP contribution is -1.94. The van der Waals surface area contributed by atoms with E-state index < -0.39 is 0 Å². The van der Waals surface area contributed by atoms with Gasteiger partial charge in [0.15, 0.2) is 0 Å². The first-order valence-electron chi connectivity index (χ1n) is 7.97. The fourth-order valence-electron chi connectivity index (χ4n) is 2.81. The Bertz CT molecular complexity index is 1060. The minimum absolute atomic E-state index is 0.908. The highest BCUT2D eigenvalue weighted by atomic mass is 32.2. The minimum Gasteiger partial charge on any atom is -0.455 e. The van der Waals surface area contributed by atoms with E-state index in [1.54, 1.807) is 23.1 Å². The summed E-state index contributed by atoms with van der Waals surface area (Å²) in [5, 5.41) is 3.16. The summed E-state index contributed by atoms with van der Waals surface area (Å²) in [6, 6.07) is 24.7. The van der Waals surface area contributed by atoms with Crippen molar-refractivity contribution in [3.63, 3.8) is 0 Å². The van der Waals surface area contributed by atoms with E-state index in [1.165, 1.54) is 0 Å². The maximum Gasteiger partial charge on any atom is 0.141 e. The molecule has 0 atom stereocenters. The van der Waals surface area contributed by atoms with Gasteiger partial charge in [0, 0.05) is 16.5 Å². The summed E-state index contributed by atoms with van der Waals surface area (Å²) >= 11 is 3.42. The molecule has 2 nitrogen and oxygen atoms in total. The summed E-state index contributed by atoms with van der Waals surface area (Å²) in [6.45, 7) is 0. The molecule has 4 heteroatoms. The molecular weight excluding hydrogens is 346 g/mol. The number of aromatic nitrogens is 1. The highest BCUT2D eigenvalue weighted by molar-refractivity contribution is 7.99. The van der Waals surface area contributed by atoms with Crippen LogP contribution >= 0.6 is 23.1 Å². The van der Waals surface area contributed by atoms with Crippen LogP contribution < -0.4 is 4.74 Å². The van der Waals surface area contributed by atoms with E-state index >= 15 is 0 Å². The zero-order valence-corrected chi connectivity index (χ0v) is 14.8.